The molecule has 3 heterocycles. The Bertz CT molecular complexity index is 875. The Morgan fingerprint density at radius 3 is 2.61 bits per heavy atom. The van der Waals surface area contributed by atoms with E-state index in [9.17, 15) is 23.6 Å². The van der Waals surface area contributed by atoms with Crippen LogP contribution in [0.3, 0.4) is 0 Å². The van der Waals surface area contributed by atoms with Crippen LogP contribution in [0.5, 0.6) is 0 Å². The molecule has 1 aromatic rings. The number of hydrogen-bond donors (Lipinski definition) is 2. The Hall–Kier alpha value is -2.81. The van der Waals surface area contributed by atoms with E-state index in [0.29, 0.717) is 25.1 Å². The number of rotatable bonds is 4. The number of halogens is 1. The number of amides is 3. The number of likely N-dealkylation sites (N-methyl/N-ethyl adjacent to an activating group) is 1. The summed E-state index contributed by atoms with van der Waals surface area (Å²) >= 11 is 0. The summed E-state index contributed by atoms with van der Waals surface area (Å²) in [5.41, 5.74) is 0.478. The molecule has 3 amide bonds. The van der Waals surface area contributed by atoms with Crippen molar-refractivity contribution in [1.82, 2.24) is 15.5 Å². The first-order chi connectivity index (χ1) is 13.3. The van der Waals surface area contributed by atoms with Crippen LogP contribution in [-0.4, -0.2) is 68.2 Å². The number of nitrogens with one attached hydrogen (secondary N) is 2. The molecule has 3 aliphatic heterocycles. The van der Waals surface area contributed by atoms with Crippen molar-refractivity contribution in [2.75, 3.05) is 38.1 Å². The molecule has 148 valence electrons. The van der Waals surface area contributed by atoms with Gasteiger partial charge in [0.2, 0.25) is 11.8 Å². The molecule has 4 rings (SSSR count). The van der Waals surface area contributed by atoms with Gasteiger partial charge in [-0.3, -0.25) is 24.5 Å². The maximum atomic E-state index is 14.7. The smallest absolute Gasteiger partial charge is 0.255 e. The normalized spacial score (nSPS) is 22.9. The highest BCUT2D eigenvalue weighted by molar-refractivity contribution is 6.06. The number of piperidine rings is 1. The van der Waals surface area contributed by atoms with Crippen molar-refractivity contribution in [3.63, 3.8) is 0 Å². The van der Waals surface area contributed by atoms with Crippen molar-refractivity contribution in [1.29, 1.82) is 0 Å². The van der Waals surface area contributed by atoms with Crippen LogP contribution in [-0.2, 0) is 9.59 Å². The van der Waals surface area contributed by atoms with E-state index < -0.39 is 23.7 Å². The van der Waals surface area contributed by atoms with Crippen LogP contribution in [0.25, 0.3) is 0 Å². The molecule has 0 aromatic heterocycles. The number of aldehydes is 1. The van der Waals surface area contributed by atoms with Gasteiger partial charge in [-0.15, -0.1) is 0 Å². The van der Waals surface area contributed by atoms with Crippen LogP contribution in [0.15, 0.2) is 12.1 Å². The summed E-state index contributed by atoms with van der Waals surface area (Å²) in [6, 6.07) is 1.62. The molecule has 0 bridgehead atoms. The lowest BCUT2D eigenvalue weighted by Crippen LogP contribution is -2.71. The largest absolute Gasteiger partial charge is 0.368 e. The van der Waals surface area contributed by atoms with Crippen molar-refractivity contribution in [3.05, 3.63) is 29.1 Å². The minimum atomic E-state index is -0.839. The van der Waals surface area contributed by atoms with Crippen LogP contribution in [0.2, 0.25) is 0 Å². The van der Waals surface area contributed by atoms with Gasteiger partial charge in [0.25, 0.3) is 5.91 Å². The number of imide groups is 1. The molecule has 1 spiro atoms. The highest BCUT2D eigenvalue weighted by Gasteiger charge is 2.48. The van der Waals surface area contributed by atoms with E-state index in [1.54, 1.807) is 0 Å². The van der Waals surface area contributed by atoms with E-state index in [4.69, 9.17) is 0 Å². The lowest BCUT2D eigenvalue weighted by atomic mass is 9.74. The minimum Gasteiger partial charge on any atom is -0.368 e. The fraction of sp³-hybridized carbons (Fsp3) is 0.474. The quantitative estimate of drug-likeness (QED) is 0.553. The molecule has 3 saturated heterocycles. The summed E-state index contributed by atoms with van der Waals surface area (Å²) in [5, 5.41) is 5.39. The van der Waals surface area contributed by atoms with Crippen LogP contribution in [0, 0.1) is 11.2 Å². The SMILES string of the molecule is CN(C(=O)c1cc(F)c(N2CC3(CNC3)C2)cc1C=O)C1CCC(=O)NC1=O. The molecule has 1 unspecified atom stereocenters. The van der Waals surface area contributed by atoms with Crippen LogP contribution < -0.4 is 15.5 Å². The second-order valence-electron chi connectivity index (χ2n) is 7.85. The van der Waals surface area contributed by atoms with Crippen molar-refractivity contribution in [3.8, 4) is 0 Å². The molecule has 9 heteroatoms. The monoisotopic (exact) mass is 388 g/mol. The Morgan fingerprint density at radius 2 is 2.04 bits per heavy atom. The topological polar surface area (TPSA) is 98.8 Å². The standard InChI is InChI=1S/C19H21FN4O4/c1-23(14-2-3-16(26)22-17(14)27)18(28)12-5-13(20)15(4-11(12)6-25)24-9-19(10-24)7-21-8-19/h4-6,14,21H,2-3,7-10H2,1H3,(H,22,26,27). The second kappa shape index (κ2) is 6.66. The zero-order valence-corrected chi connectivity index (χ0v) is 15.5. The Kier molecular flexibility index (Phi) is 4.41. The van der Waals surface area contributed by atoms with Crippen molar-refractivity contribution < 1.29 is 23.6 Å². The highest BCUT2D eigenvalue weighted by atomic mass is 19.1. The number of nitrogens with zero attached hydrogens (tertiary/aromatic N) is 2. The minimum absolute atomic E-state index is 0.0771. The van der Waals surface area contributed by atoms with Crippen molar-refractivity contribution in [2.45, 2.75) is 18.9 Å². The van der Waals surface area contributed by atoms with E-state index in [1.165, 1.54) is 13.1 Å². The lowest BCUT2D eigenvalue weighted by molar-refractivity contribution is -0.136. The first-order valence-corrected chi connectivity index (χ1v) is 9.19. The summed E-state index contributed by atoms with van der Waals surface area (Å²) in [4.78, 5) is 50.7. The van der Waals surface area contributed by atoms with Gasteiger partial charge in [0.15, 0.2) is 6.29 Å². The average molecular weight is 388 g/mol. The Labute approximate surface area is 161 Å². The number of hydrogen-bond acceptors (Lipinski definition) is 6. The maximum absolute atomic E-state index is 14.7. The molecule has 1 atom stereocenters. The zero-order valence-electron chi connectivity index (χ0n) is 15.5. The third-order valence-electron chi connectivity index (χ3n) is 5.87. The van der Waals surface area contributed by atoms with E-state index in [-0.39, 0.29) is 35.3 Å². The second-order valence-corrected chi connectivity index (χ2v) is 7.85. The number of carbonyl (C=O) groups is 4. The molecule has 0 saturated carbocycles. The molecule has 1 aromatic carbocycles. The van der Waals surface area contributed by atoms with Gasteiger partial charge in [0, 0.05) is 50.6 Å². The van der Waals surface area contributed by atoms with E-state index in [0.717, 1.165) is 24.1 Å². The molecular formula is C19H21FN4O4. The zero-order chi connectivity index (χ0) is 20.1. The summed E-state index contributed by atoms with van der Waals surface area (Å²) in [5.74, 6) is -2.17. The van der Waals surface area contributed by atoms with E-state index in [1.807, 2.05) is 4.90 Å². The summed E-state index contributed by atoms with van der Waals surface area (Å²) in [7, 11) is 1.41. The van der Waals surface area contributed by atoms with Crippen LogP contribution in [0.1, 0.15) is 33.6 Å². The van der Waals surface area contributed by atoms with Gasteiger partial charge >= 0.3 is 0 Å². The fourth-order valence-corrected chi connectivity index (χ4v) is 4.12. The molecule has 3 fully saturated rings. The van der Waals surface area contributed by atoms with Gasteiger partial charge in [-0.1, -0.05) is 0 Å². The molecule has 2 N–H and O–H groups in total. The van der Waals surface area contributed by atoms with Gasteiger partial charge < -0.3 is 15.1 Å². The fourth-order valence-electron chi connectivity index (χ4n) is 4.12. The van der Waals surface area contributed by atoms with Gasteiger partial charge in [-0.2, -0.15) is 0 Å². The number of anilines is 1. The van der Waals surface area contributed by atoms with Gasteiger partial charge in [0.05, 0.1) is 11.3 Å². The summed E-state index contributed by atoms with van der Waals surface area (Å²) in [6.45, 7) is 3.22. The van der Waals surface area contributed by atoms with Crippen LogP contribution in [0.4, 0.5) is 10.1 Å². The predicted octanol–water partition coefficient (Wildman–Crippen LogP) is -0.0750. The third-order valence-corrected chi connectivity index (χ3v) is 5.87. The number of benzene rings is 1. The van der Waals surface area contributed by atoms with Gasteiger partial charge in [-0.05, 0) is 18.6 Å². The predicted molar refractivity (Wildman–Crippen MR) is 97.6 cm³/mol. The third kappa shape index (κ3) is 2.95. The van der Waals surface area contributed by atoms with Crippen molar-refractivity contribution >= 4 is 29.7 Å². The molecule has 8 nitrogen and oxygen atoms in total. The first kappa shape index (κ1) is 18.5. The molecule has 3 aliphatic rings. The first-order valence-electron chi connectivity index (χ1n) is 9.19. The maximum Gasteiger partial charge on any atom is 0.255 e. The number of carbonyl (C=O) groups excluding carboxylic acids is 4. The highest BCUT2D eigenvalue weighted by Crippen LogP contribution is 2.39. The Morgan fingerprint density at radius 1 is 1.32 bits per heavy atom. The van der Waals surface area contributed by atoms with Gasteiger partial charge in [0.1, 0.15) is 11.9 Å². The summed E-state index contributed by atoms with van der Waals surface area (Å²) in [6.07, 6.45) is 0.830. The summed E-state index contributed by atoms with van der Waals surface area (Å²) < 4.78 is 14.7. The molecular weight excluding hydrogens is 367 g/mol. The molecule has 28 heavy (non-hydrogen) atoms. The average Bonchev–Trinajstić information content (AvgIpc) is 2.59. The van der Waals surface area contributed by atoms with E-state index in [2.05, 4.69) is 10.6 Å². The van der Waals surface area contributed by atoms with Gasteiger partial charge in [-0.25, -0.2) is 4.39 Å². The van der Waals surface area contributed by atoms with Crippen molar-refractivity contribution in [2.24, 2.45) is 5.41 Å². The molecule has 0 aliphatic carbocycles. The lowest BCUT2D eigenvalue weighted by Gasteiger charge is -2.57. The molecule has 0 radical (unpaired) electrons. The van der Waals surface area contributed by atoms with E-state index >= 15 is 0 Å². The van der Waals surface area contributed by atoms with Crippen LogP contribution >= 0.6 is 0 Å². The Balaban J connectivity index is 1.56.